The van der Waals surface area contributed by atoms with Crippen molar-refractivity contribution >= 4 is 0 Å². The topological polar surface area (TPSA) is 38.5 Å². The Morgan fingerprint density at radius 3 is 2.50 bits per heavy atom. The largest absolute Gasteiger partial charge is 0.385 e. The van der Waals surface area contributed by atoms with Crippen LogP contribution in [0.1, 0.15) is 32.1 Å². The highest BCUT2D eigenvalue weighted by molar-refractivity contribution is 4.94. The maximum atomic E-state index is 5.90. The Labute approximate surface area is 87.6 Å². The van der Waals surface area contributed by atoms with E-state index in [1.807, 2.05) is 0 Å². The van der Waals surface area contributed by atoms with Crippen LogP contribution in [0.15, 0.2) is 0 Å². The number of nitrogens with zero attached hydrogens (tertiary/aromatic N) is 1. The first-order valence-electron chi connectivity index (χ1n) is 5.65. The predicted molar refractivity (Wildman–Crippen MR) is 59.4 cm³/mol. The van der Waals surface area contributed by atoms with Gasteiger partial charge in [0.1, 0.15) is 0 Å². The van der Waals surface area contributed by atoms with Crippen molar-refractivity contribution in [2.75, 3.05) is 33.9 Å². The number of nitrogens with two attached hydrogens (primary N) is 1. The van der Waals surface area contributed by atoms with Crippen molar-refractivity contribution in [3.8, 4) is 0 Å². The molecule has 0 radical (unpaired) electrons. The number of methoxy groups -OCH3 is 1. The molecule has 1 saturated carbocycles. The highest BCUT2D eigenvalue weighted by Gasteiger charge is 2.35. The van der Waals surface area contributed by atoms with Gasteiger partial charge < -0.3 is 10.5 Å². The van der Waals surface area contributed by atoms with Crippen molar-refractivity contribution in [2.45, 2.75) is 37.6 Å². The van der Waals surface area contributed by atoms with Crippen molar-refractivity contribution in [3.05, 3.63) is 0 Å². The van der Waals surface area contributed by atoms with E-state index < -0.39 is 0 Å². The summed E-state index contributed by atoms with van der Waals surface area (Å²) in [5.41, 5.74) is 6.20. The molecule has 0 spiro atoms. The first-order chi connectivity index (χ1) is 6.75. The summed E-state index contributed by atoms with van der Waals surface area (Å²) in [6, 6.07) is 0. The van der Waals surface area contributed by atoms with Crippen LogP contribution in [0.5, 0.6) is 0 Å². The van der Waals surface area contributed by atoms with Crippen LogP contribution in [-0.2, 0) is 4.74 Å². The van der Waals surface area contributed by atoms with E-state index in [2.05, 4.69) is 11.9 Å². The zero-order valence-electron chi connectivity index (χ0n) is 9.59. The molecule has 14 heavy (non-hydrogen) atoms. The minimum Gasteiger partial charge on any atom is -0.385 e. The Kier molecular flexibility index (Phi) is 4.85. The lowest BCUT2D eigenvalue weighted by molar-refractivity contribution is 0.111. The number of hydrogen-bond donors (Lipinski definition) is 1. The molecule has 1 fully saturated rings. The van der Waals surface area contributed by atoms with E-state index in [0.717, 1.165) is 26.1 Å². The van der Waals surface area contributed by atoms with Crippen LogP contribution >= 0.6 is 0 Å². The molecule has 0 aromatic carbocycles. The lowest BCUT2D eigenvalue weighted by Crippen LogP contribution is -2.50. The molecule has 0 aromatic heterocycles. The van der Waals surface area contributed by atoms with E-state index in [4.69, 9.17) is 10.5 Å². The Morgan fingerprint density at radius 2 is 2.00 bits per heavy atom. The van der Waals surface area contributed by atoms with Gasteiger partial charge in [0.25, 0.3) is 0 Å². The minimum absolute atomic E-state index is 0.299. The second kappa shape index (κ2) is 5.69. The molecule has 84 valence electrons. The number of rotatable bonds is 6. The Morgan fingerprint density at radius 1 is 1.36 bits per heavy atom. The molecule has 0 amide bonds. The van der Waals surface area contributed by atoms with Gasteiger partial charge in [-0.1, -0.05) is 12.8 Å². The quantitative estimate of drug-likeness (QED) is 0.655. The van der Waals surface area contributed by atoms with Gasteiger partial charge in [-0.2, -0.15) is 0 Å². The zero-order chi connectivity index (χ0) is 10.4. The van der Waals surface area contributed by atoms with Crippen LogP contribution in [0, 0.1) is 0 Å². The van der Waals surface area contributed by atoms with Gasteiger partial charge in [-0.05, 0) is 26.3 Å². The third-order valence-corrected chi connectivity index (χ3v) is 3.57. The molecule has 0 saturated heterocycles. The van der Waals surface area contributed by atoms with E-state index in [-0.39, 0.29) is 0 Å². The van der Waals surface area contributed by atoms with Gasteiger partial charge in [0, 0.05) is 32.3 Å². The van der Waals surface area contributed by atoms with Gasteiger partial charge in [-0.25, -0.2) is 0 Å². The van der Waals surface area contributed by atoms with Gasteiger partial charge in [0.05, 0.1) is 0 Å². The maximum Gasteiger partial charge on any atom is 0.0474 e. The van der Waals surface area contributed by atoms with E-state index in [1.165, 1.54) is 25.7 Å². The molecule has 0 heterocycles. The SMILES string of the molecule is COCCCN(C)C1(CN)CCCC1. The molecule has 1 aliphatic carbocycles. The summed E-state index contributed by atoms with van der Waals surface area (Å²) < 4.78 is 5.06. The van der Waals surface area contributed by atoms with Gasteiger partial charge in [-0.3, -0.25) is 4.90 Å². The monoisotopic (exact) mass is 200 g/mol. The Hall–Kier alpha value is -0.120. The molecular weight excluding hydrogens is 176 g/mol. The first kappa shape index (κ1) is 12.0. The molecule has 3 heteroatoms. The van der Waals surface area contributed by atoms with Crippen LogP contribution in [0.25, 0.3) is 0 Å². The van der Waals surface area contributed by atoms with Crippen LogP contribution in [0.3, 0.4) is 0 Å². The lowest BCUT2D eigenvalue weighted by atomic mass is 9.95. The molecule has 0 unspecified atom stereocenters. The van der Waals surface area contributed by atoms with Gasteiger partial charge in [0.2, 0.25) is 0 Å². The van der Waals surface area contributed by atoms with E-state index in [9.17, 15) is 0 Å². The molecule has 2 N–H and O–H groups in total. The highest BCUT2D eigenvalue weighted by Crippen LogP contribution is 2.33. The fraction of sp³-hybridized carbons (Fsp3) is 1.00. The van der Waals surface area contributed by atoms with Gasteiger partial charge in [0.15, 0.2) is 0 Å². The third kappa shape index (κ3) is 2.69. The predicted octanol–water partition coefficient (Wildman–Crippen LogP) is 1.23. The summed E-state index contributed by atoms with van der Waals surface area (Å²) >= 11 is 0. The molecule has 1 aliphatic rings. The maximum absolute atomic E-state index is 5.90. The number of ether oxygens (including phenoxy) is 1. The average molecular weight is 200 g/mol. The van der Waals surface area contributed by atoms with Crippen molar-refractivity contribution in [1.82, 2.24) is 4.90 Å². The van der Waals surface area contributed by atoms with Crippen LogP contribution in [0.4, 0.5) is 0 Å². The second-order valence-electron chi connectivity index (χ2n) is 4.40. The summed E-state index contributed by atoms with van der Waals surface area (Å²) in [5.74, 6) is 0. The summed E-state index contributed by atoms with van der Waals surface area (Å²) in [4.78, 5) is 2.44. The van der Waals surface area contributed by atoms with Crippen LogP contribution in [-0.4, -0.2) is 44.3 Å². The fourth-order valence-corrected chi connectivity index (χ4v) is 2.46. The molecule has 3 nitrogen and oxygen atoms in total. The first-order valence-corrected chi connectivity index (χ1v) is 5.65. The van der Waals surface area contributed by atoms with Crippen molar-refractivity contribution in [1.29, 1.82) is 0 Å². The summed E-state index contributed by atoms with van der Waals surface area (Å²) in [6.07, 6.45) is 6.33. The summed E-state index contributed by atoms with van der Waals surface area (Å²) in [7, 11) is 3.96. The molecule has 0 aliphatic heterocycles. The normalized spacial score (nSPS) is 20.6. The molecule has 1 rings (SSSR count). The van der Waals surface area contributed by atoms with Crippen LogP contribution in [0.2, 0.25) is 0 Å². The summed E-state index contributed by atoms with van der Waals surface area (Å²) in [6.45, 7) is 2.76. The smallest absolute Gasteiger partial charge is 0.0474 e. The van der Waals surface area contributed by atoms with E-state index in [1.54, 1.807) is 7.11 Å². The third-order valence-electron chi connectivity index (χ3n) is 3.57. The Bertz CT molecular complexity index is 155. The van der Waals surface area contributed by atoms with Crippen molar-refractivity contribution in [2.24, 2.45) is 5.73 Å². The van der Waals surface area contributed by atoms with Crippen molar-refractivity contribution < 1.29 is 4.74 Å². The number of hydrogen-bond acceptors (Lipinski definition) is 3. The fourth-order valence-electron chi connectivity index (χ4n) is 2.46. The summed E-state index contributed by atoms with van der Waals surface area (Å²) in [5, 5.41) is 0. The Balaban J connectivity index is 2.35. The standard InChI is InChI=1S/C11H24N2O/c1-13(8-5-9-14-2)11(10-12)6-3-4-7-11/h3-10,12H2,1-2H3. The highest BCUT2D eigenvalue weighted by atomic mass is 16.5. The van der Waals surface area contributed by atoms with Gasteiger partial charge >= 0.3 is 0 Å². The molecule has 0 bridgehead atoms. The van der Waals surface area contributed by atoms with Crippen LogP contribution < -0.4 is 5.73 Å². The zero-order valence-corrected chi connectivity index (χ0v) is 9.59. The number of likely N-dealkylation sites (N-methyl/N-ethyl adjacent to an activating group) is 1. The molecule has 0 atom stereocenters. The minimum atomic E-state index is 0.299. The molecular formula is C11H24N2O. The lowest BCUT2D eigenvalue weighted by Gasteiger charge is -2.38. The average Bonchev–Trinajstić information content (AvgIpc) is 2.67. The van der Waals surface area contributed by atoms with Gasteiger partial charge in [-0.15, -0.1) is 0 Å². The van der Waals surface area contributed by atoms with Crippen molar-refractivity contribution in [3.63, 3.8) is 0 Å². The second-order valence-corrected chi connectivity index (χ2v) is 4.40. The molecule has 0 aromatic rings. The van der Waals surface area contributed by atoms with E-state index in [0.29, 0.717) is 5.54 Å². The van der Waals surface area contributed by atoms with E-state index >= 15 is 0 Å².